The van der Waals surface area contributed by atoms with Gasteiger partial charge in [0, 0.05) is 44.2 Å². The van der Waals surface area contributed by atoms with Gasteiger partial charge in [0.2, 0.25) is 0 Å². The molecule has 1 unspecified atom stereocenters. The van der Waals surface area contributed by atoms with E-state index in [-0.39, 0.29) is 18.0 Å². The highest BCUT2D eigenvalue weighted by Crippen LogP contribution is 2.13. The number of amides is 3. The highest BCUT2D eigenvalue weighted by molar-refractivity contribution is 5.94. The van der Waals surface area contributed by atoms with Crippen LogP contribution in [0.1, 0.15) is 29.4 Å². The van der Waals surface area contributed by atoms with E-state index in [1.54, 1.807) is 17.2 Å². The van der Waals surface area contributed by atoms with Crippen molar-refractivity contribution in [3.05, 3.63) is 29.6 Å². The summed E-state index contributed by atoms with van der Waals surface area (Å²) >= 11 is 0. The molecule has 0 saturated carbocycles. The third-order valence-corrected chi connectivity index (χ3v) is 3.71. The number of ether oxygens (including phenoxy) is 1. The van der Waals surface area contributed by atoms with Gasteiger partial charge in [-0.3, -0.25) is 9.78 Å². The number of aromatic nitrogens is 1. The van der Waals surface area contributed by atoms with Gasteiger partial charge in [0.15, 0.2) is 0 Å². The monoisotopic (exact) mass is 320 g/mol. The van der Waals surface area contributed by atoms with Gasteiger partial charge < -0.3 is 20.3 Å². The van der Waals surface area contributed by atoms with Gasteiger partial charge in [-0.15, -0.1) is 0 Å². The van der Waals surface area contributed by atoms with Gasteiger partial charge in [0.25, 0.3) is 5.91 Å². The largest absolute Gasteiger partial charge is 0.380 e. The molecule has 1 aliphatic heterocycles. The number of carbonyl (C=O) groups excluding carboxylic acids is 2. The van der Waals surface area contributed by atoms with Gasteiger partial charge in [0.1, 0.15) is 0 Å². The number of pyridine rings is 1. The first kappa shape index (κ1) is 17.2. The molecule has 2 rings (SSSR count). The minimum absolute atomic E-state index is 0.0237. The highest BCUT2D eigenvalue weighted by atomic mass is 16.5. The maximum Gasteiger partial charge on any atom is 0.315 e. The Morgan fingerprint density at radius 3 is 2.96 bits per heavy atom. The van der Waals surface area contributed by atoms with Crippen molar-refractivity contribution >= 4 is 11.9 Å². The van der Waals surface area contributed by atoms with Gasteiger partial charge in [-0.05, 0) is 32.4 Å². The van der Waals surface area contributed by atoms with E-state index in [1.165, 1.54) is 0 Å². The summed E-state index contributed by atoms with van der Waals surface area (Å²) in [5, 5.41) is 5.62. The number of aryl methyl sites for hydroxylation is 1. The van der Waals surface area contributed by atoms with Crippen LogP contribution in [0, 0.1) is 6.92 Å². The summed E-state index contributed by atoms with van der Waals surface area (Å²) < 4.78 is 5.16. The first-order chi connectivity index (χ1) is 11.1. The standard InChI is InChI=1S/C16H24N4O3/c1-3-23-9-7-17-16(22)19-14-6-8-20(11-14)15(21)13-5-4-12(2)18-10-13/h4-5,10,14H,3,6-9,11H2,1-2H3,(H2,17,19,22). The molecule has 2 N–H and O–H groups in total. The van der Waals surface area contributed by atoms with Gasteiger partial charge >= 0.3 is 6.03 Å². The lowest BCUT2D eigenvalue weighted by molar-refractivity contribution is 0.0789. The smallest absolute Gasteiger partial charge is 0.315 e. The van der Waals surface area contributed by atoms with Crippen LogP contribution in [0.2, 0.25) is 0 Å². The van der Waals surface area contributed by atoms with Crippen molar-refractivity contribution in [3.63, 3.8) is 0 Å². The van der Waals surface area contributed by atoms with Crippen molar-refractivity contribution in [3.8, 4) is 0 Å². The van der Waals surface area contributed by atoms with Gasteiger partial charge in [-0.1, -0.05) is 0 Å². The Bertz CT molecular complexity index is 533. The summed E-state index contributed by atoms with van der Waals surface area (Å²) in [7, 11) is 0. The number of hydrogen-bond donors (Lipinski definition) is 2. The van der Waals surface area contributed by atoms with Crippen molar-refractivity contribution in [2.75, 3.05) is 32.8 Å². The predicted octanol–water partition coefficient (Wildman–Crippen LogP) is 0.940. The number of nitrogens with zero attached hydrogens (tertiary/aromatic N) is 2. The van der Waals surface area contributed by atoms with E-state index in [9.17, 15) is 9.59 Å². The lowest BCUT2D eigenvalue weighted by Crippen LogP contribution is -2.44. The average Bonchev–Trinajstić information content (AvgIpc) is 3.00. The van der Waals surface area contributed by atoms with Crippen LogP contribution >= 0.6 is 0 Å². The lowest BCUT2D eigenvalue weighted by atomic mass is 10.2. The zero-order valence-electron chi connectivity index (χ0n) is 13.7. The molecule has 1 aromatic heterocycles. The molecule has 3 amide bonds. The SMILES string of the molecule is CCOCCNC(=O)NC1CCN(C(=O)c2ccc(C)nc2)C1. The zero-order chi connectivity index (χ0) is 16.7. The summed E-state index contributed by atoms with van der Waals surface area (Å²) in [6.07, 6.45) is 2.35. The third kappa shape index (κ3) is 5.21. The van der Waals surface area contributed by atoms with Crippen LogP contribution in [-0.4, -0.2) is 60.7 Å². The summed E-state index contributed by atoms with van der Waals surface area (Å²) in [6, 6.07) is 3.36. The molecule has 0 radical (unpaired) electrons. The van der Waals surface area contributed by atoms with E-state index in [0.29, 0.717) is 38.4 Å². The summed E-state index contributed by atoms with van der Waals surface area (Å²) in [4.78, 5) is 30.0. The van der Waals surface area contributed by atoms with Crippen LogP contribution in [-0.2, 0) is 4.74 Å². The van der Waals surface area contributed by atoms with Crippen molar-refractivity contribution in [1.82, 2.24) is 20.5 Å². The number of likely N-dealkylation sites (tertiary alicyclic amines) is 1. The van der Waals surface area contributed by atoms with Gasteiger partial charge in [-0.25, -0.2) is 4.79 Å². The zero-order valence-corrected chi connectivity index (χ0v) is 13.7. The van der Waals surface area contributed by atoms with Crippen LogP contribution in [0.15, 0.2) is 18.3 Å². The number of carbonyl (C=O) groups is 2. The van der Waals surface area contributed by atoms with Crippen LogP contribution in [0.4, 0.5) is 4.79 Å². The third-order valence-electron chi connectivity index (χ3n) is 3.71. The molecule has 7 nitrogen and oxygen atoms in total. The second-order valence-electron chi connectivity index (χ2n) is 5.52. The molecule has 0 bridgehead atoms. The molecule has 0 aromatic carbocycles. The Morgan fingerprint density at radius 1 is 1.43 bits per heavy atom. The average molecular weight is 320 g/mol. The fourth-order valence-corrected chi connectivity index (χ4v) is 2.46. The van der Waals surface area contributed by atoms with E-state index < -0.39 is 0 Å². The molecule has 1 saturated heterocycles. The van der Waals surface area contributed by atoms with Crippen molar-refractivity contribution in [1.29, 1.82) is 0 Å². The molecule has 0 spiro atoms. The fraction of sp³-hybridized carbons (Fsp3) is 0.562. The summed E-state index contributed by atoms with van der Waals surface area (Å²) in [6.45, 7) is 6.56. The number of nitrogens with one attached hydrogen (secondary N) is 2. The minimum Gasteiger partial charge on any atom is -0.380 e. The molecule has 23 heavy (non-hydrogen) atoms. The number of rotatable bonds is 6. The van der Waals surface area contributed by atoms with E-state index >= 15 is 0 Å². The van der Waals surface area contributed by atoms with Crippen LogP contribution in [0.3, 0.4) is 0 Å². The first-order valence-electron chi connectivity index (χ1n) is 7.94. The number of urea groups is 1. The van der Waals surface area contributed by atoms with Crippen molar-refractivity contribution < 1.29 is 14.3 Å². The maximum atomic E-state index is 12.4. The molecule has 7 heteroatoms. The molecular weight excluding hydrogens is 296 g/mol. The Labute approximate surface area is 136 Å². The summed E-state index contributed by atoms with van der Waals surface area (Å²) in [5.41, 5.74) is 1.46. The topological polar surface area (TPSA) is 83.6 Å². The summed E-state index contributed by atoms with van der Waals surface area (Å²) in [5.74, 6) is -0.0430. The molecular formula is C16H24N4O3. The van der Waals surface area contributed by atoms with Crippen molar-refractivity contribution in [2.24, 2.45) is 0 Å². The quantitative estimate of drug-likeness (QED) is 0.764. The van der Waals surface area contributed by atoms with E-state index in [4.69, 9.17) is 4.74 Å². The second kappa shape index (κ2) is 8.47. The molecule has 1 fully saturated rings. The molecule has 1 aliphatic rings. The van der Waals surface area contributed by atoms with Gasteiger partial charge in [-0.2, -0.15) is 0 Å². The Kier molecular flexibility index (Phi) is 6.34. The second-order valence-corrected chi connectivity index (χ2v) is 5.52. The van der Waals surface area contributed by atoms with Crippen LogP contribution in [0.25, 0.3) is 0 Å². The molecule has 1 aromatic rings. The van der Waals surface area contributed by atoms with Gasteiger partial charge in [0.05, 0.1) is 12.2 Å². The minimum atomic E-state index is -0.221. The molecule has 126 valence electrons. The Balaban J connectivity index is 1.76. The molecule has 0 aliphatic carbocycles. The Morgan fingerprint density at radius 2 is 2.26 bits per heavy atom. The lowest BCUT2D eigenvalue weighted by Gasteiger charge is -2.17. The van der Waals surface area contributed by atoms with Crippen LogP contribution in [0.5, 0.6) is 0 Å². The van der Waals surface area contributed by atoms with E-state index in [0.717, 1.165) is 12.1 Å². The Hall–Kier alpha value is -2.15. The normalized spacial score (nSPS) is 17.1. The molecule has 2 heterocycles. The van der Waals surface area contributed by atoms with E-state index in [2.05, 4.69) is 15.6 Å². The fourth-order valence-electron chi connectivity index (χ4n) is 2.46. The predicted molar refractivity (Wildman–Crippen MR) is 86.3 cm³/mol. The number of hydrogen-bond acceptors (Lipinski definition) is 4. The first-order valence-corrected chi connectivity index (χ1v) is 7.94. The van der Waals surface area contributed by atoms with Crippen molar-refractivity contribution in [2.45, 2.75) is 26.3 Å². The molecule has 1 atom stereocenters. The van der Waals surface area contributed by atoms with Crippen LogP contribution < -0.4 is 10.6 Å². The maximum absolute atomic E-state index is 12.4. The van der Waals surface area contributed by atoms with E-state index in [1.807, 2.05) is 19.9 Å². The highest BCUT2D eigenvalue weighted by Gasteiger charge is 2.27.